The molecule has 0 spiro atoms. The van der Waals surface area contributed by atoms with Crippen molar-refractivity contribution >= 4 is 13.9 Å². The number of aliphatic hydroxyl groups excluding tert-OH is 4. The van der Waals surface area contributed by atoms with Crippen molar-refractivity contribution in [2.45, 2.75) is 70.1 Å². The summed E-state index contributed by atoms with van der Waals surface area (Å²) in [5, 5.41) is 40.9. The van der Waals surface area contributed by atoms with Gasteiger partial charge in [0.25, 0.3) is 0 Å². The van der Waals surface area contributed by atoms with Crippen LogP contribution in [0.15, 0.2) is 0 Å². The molecule has 12 heteroatoms. The van der Waals surface area contributed by atoms with Crippen molar-refractivity contribution in [2.75, 3.05) is 13.2 Å². The second-order valence-corrected chi connectivity index (χ2v) is 7.09. The molecule has 0 aromatic carbocycles. The highest BCUT2D eigenvalue weighted by atomic mass is 31.2. The van der Waals surface area contributed by atoms with Crippen molar-refractivity contribution in [1.29, 1.82) is 0 Å². The van der Waals surface area contributed by atoms with Crippen LogP contribution in [0.5, 0.6) is 0 Å². The van der Waals surface area contributed by atoms with E-state index in [1.165, 1.54) is 0 Å². The minimum atomic E-state index is -5.09. The number of carbonyl (C=O) groups excluding carboxylic acids is 1. The number of ether oxygens (including phenoxy) is 1. The van der Waals surface area contributed by atoms with Gasteiger partial charge in [0.2, 0.25) is 0 Å². The standard InChI is InChI=1S/C14H30NO10P/c1-3-4-5-6-7-15-14(20)24-13(12(19)11(18)9(2)17)10(8-16)25-26(21,22)23/h9-13,16-19H,3-8H2,1-2H3,(H,15,20)(H2,21,22,23)/t9-,10+,11+,12-,13+/m1/s1. The first-order valence-corrected chi connectivity index (χ1v) is 9.90. The maximum atomic E-state index is 11.8. The van der Waals surface area contributed by atoms with Gasteiger partial charge in [-0.15, -0.1) is 0 Å². The monoisotopic (exact) mass is 403 g/mol. The molecule has 0 rings (SSSR count). The number of carbonyl (C=O) groups is 1. The summed E-state index contributed by atoms with van der Waals surface area (Å²) in [7, 11) is -5.09. The first-order chi connectivity index (χ1) is 12.0. The predicted molar refractivity (Wildman–Crippen MR) is 90.1 cm³/mol. The second kappa shape index (κ2) is 12.6. The van der Waals surface area contributed by atoms with Crippen LogP contribution in [0.25, 0.3) is 0 Å². The lowest BCUT2D eigenvalue weighted by molar-refractivity contribution is -0.136. The molecule has 5 atom stereocenters. The Balaban J connectivity index is 5.01. The minimum absolute atomic E-state index is 0.268. The van der Waals surface area contributed by atoms with E-state index >= 15 is 0 Å². The van der Waals surface area contributed by atoms with E-state index in [4.69, 9.17) is 14.5 Å². The molecule has 0 aromatic rings. The molecule has 1 amide bonds. The van der Waals surface area contributed by atoms with Gasteiger partial charge in [-0.3, -0.25) is 4.52 Å². The molecule has 0 heterocycles. The molecule has 0 unspecified atom stereocenters. The van der Waals surface area contributed by atoms with Crippen LogP contribution in [0.1, 0.15) is 39.5 Å². The molecule has 0 bridgehead atoms. The van der Waals surface area contributed by atoms with Crippen molar-refractivity contribution in [3.05, 3.63) is 0 Å². The molecule has 0 aliphatic carbocycles. The summed E-state index contributed by atoms with van der Waals surface area (Å²) in [6.45, 7) is 2.42. The zero-order valence-electron chi connectivity index (χ0n) is 14.9. The SMILES string of the molecule is CCCCCCNC(=O)O[C@H]([C@H](O)[C@@H](O)[C@@H](C)O)[C@H](CO)OP(=O)(O)O. The van der Waals surface area contributed by atoms with E-state index in [0.717, 1.165) is 26.2 Å². The lowest BCUT2D eigenvalue weighted by Gasteiger charge is -2.32. The van der Waals surface area contributed by atoms with Gasteiger partial charge >= 0.3 is 13.9 Å². The molecule has 11 nitrogen and oxygen atoms in total. The maximum Gasteiger partial charge on any atom is 0.470 e. The van der Waals surface area contributed by atoms with Gasteiger partial charge in [0.1, 0.15) is 18.3 Å². The average molecular weight is 403 g/mol. The number of rotatable bonds is 13. The number of hydrogen-bond donors (Lipinski definition) is 7. The minimum Gasteiger partial charge on any atom is -0.440 e. The fourth-order valence-corrected chi connectivity index (χ4v) is 2.67. The molecule has 0 saturated heterocycles. The van der Waals surface area contributed by atoms with E-state index < -0.39 is 51.0 Å². The van der Waals surface area contributed by atoms with Gasteiger partial charge < -0.3 is 40.3 Å². The van der Waals surface area contributed by atoms with Crippen LogP contribution in [0.4, 0.5) is 4.79 Å². The number of aliphatic hydroxyl groups is 4. The van der Waals surface area contributed by atoms with Crippen LogP contribution in [-0.4, -0.2) is 80.0 Å². The van der Waals surface area contributed by atoms with Crippen LogP contribution in [0.3, 0.4) is 0 Å². The molecule has 156 valence electrons. The molecule has 0 saturated carbocycles. The number of alkyl carbamates (subject to hydrolysis) is 1. The molecule has 26 heavy (non-hydrogen) atoms. The van der Waals surface area contributed by atoms with E-state index in [1.54, 1.807) is 0 Å². The number of nitrogens with one attached hydrogen (secondary N) is 1. The van der Waals surface area contributed by atoms with Crippen LogP contribution >= 0.6 is 7.82 Å². The zero-order chi connectivity index (χ0) is 20.3. The third-order valence-corrected chi connectivity index (χ3v) is 4.09. The van der Waals surface area contributed by atoms with E-state index in [-0.39, 0.29) is 6.54 Å². The Morgan fingerprint density at radius 3 is 2.19 bits per heavy atom. The summed E-state index contributed by atoms with van der Waals surface area (Å²) in [5.74, 6) is 0. The predicted octanol–water partition coefficient (Wildman–Crippen LogP) is -0.766. The second-order valence-electron chi connectivity index (χ2n) is 5.90. The Kier molecular flexibility index (Phi) is 12.2. The summed E-state index contributed by atoms with van der Waals surface area (Å²) in [5.41, 5.74) is 0. The summed E-state index contributed by atoms with van der Waals surface area (Å²) in [4.78, 5) is 29.6. The van der Waals surface area contributed by atoms with Crippen LogP contribution in [-0.2, 0) is 13.8 Å². The van der Waals surface area contributed by atoms with Crippen molar-refractivity contribution < 1.29 is 48.8 Å². The lowest BCUT2D eigenvalue weighted by Crippen LogP contribution is -2.52. The van der Waals surface area contributed by atoms with Gasteiger partial charge in [-0.05, 0) is 13.3 Å². The first kappa shape index (κ1) is 25.2. The normalized spacial score (nSPS) is 17.8. The van der Waals surface area contributed by atoms with Crippen molar-refractivity contribution in [3.8, 4) is 0 Å². The van der Waals surface area contributed by atoms with E-state index in [2.05, 4.69) is 9.84 Å². The van der Waals surface area contributed by atoms with Crippen molar-refractivity contribution in [1.82, 2.24) is 5.32 Å². The molecular weight excluding hydrogens is 373 g/mol. The summed E-state index contributed by atoms with van der Waals surface area (Å²) >= 11 is 0. The topological polar surface area (TPSA) is 186 Å². The Hall–Kier alpha value is -0.780. The lowest BCUT2D eigenvalue weighted by atomic mass is 10.00. The van der Waals surface area contributed by atoms with Gasteiger partial charge in [0.05, 0.1) is 12.7 Å². The first-order valence-electron chi connectivity index (χ1n) is 8.37. The quantitative estimate of drug-likeness (QED) is 0.152. The fraction of sp³-hybridized carbons (Fsp3) is 0.929. The number of amides is 1. The van der Waals surface area contributed by atoms with Gasteiger partial charge in [0, 0.05) is 6.54 Å². The third kappa shape index (κ3) is 10.4. The van der Waals surface area contributed by atoms with E-state index in [0.29, 0.717) is 6.42 Å². The van der Waals surface area contributed by atoms with Gasteiger partial charge in [0.15, 0.2) is 6.10 Å². The molecule has 7 N–H and O–H groups in total. The number of phosphoric ester groups is 1. The van der Waals surface area contributed by atoms with Gasteiger partial charge in [-0.1, -0.05) is 26.2 Å². The number of hydrogen-bond acceptors (Lipinski definition) is 8. The molecule has 0 aromatic heterocycles. The van der Waals surface area contributed by atoms with E-state index in [9.17, 15) is 29.8 Å². The smallest absolute Gasteiger partial charge is 0.440 e. The summed E-state index contributed by atoms with van der Waals surface area (Å²) in [6, 6.07) is 0. The third-order valence-electron chi connectivity index (χ3n) is 3.54. The van der Waals surface area contributed by atoms with Crippen LogP contribution in [0, 0.1) is 0 Å². The molecule has 0 aliphatic heterocycles. The largest absolute Gasteiger partial charge is 0.470 e. The molecule has 0 fully saturated rings. The average Bonchev–Trinajstić information content (AvgIpc) is 2.55. The van der Waals surface area contributed by atoms with Gasteiger partial charge in [-0.25, -0.2) is 9.36 Å². The summed E-state index contributed by atoms with van der Waals surface area (Å²) in [6.07, 6.45) is -6.37. The Bertz CT molecular complexity index is 443. The van der Waals surface area contributed by atoms with E-state index in [1.807, 2.05) is 6.92 Å². The Morgan fingerprint density at radius 2 is 1.73 bits per heavy atom. The Morgan fingerprint density at radius 1 is 1.12 bits per heavy atom. The number of unbranched alkanes of at least 4 members (excludes halogenated alkanes) is 3. The molecular formula is C14H30NO10P. The highest BCUT2D eigenvalue weighted by molar-refractivity contribution is 7.46. The fourth-order valence-electron chi connectivity index (χ4n) is 2.13. The van der Waals surface area contributed by atoms with Crippen LogP contribution in [0.2, 0.25) is 0 Å². The van der Waals surface area contributed by atoms with Gasteiger partial charge in [-0.2, -0.15) is 0 Å². The van der Waals surface area contributed by atoms with Crippen molar-refractivity contribution in [3.63, 3.8) is 0 Å². The van der Waals surface area contributed by atoms with Crippen molar-refractivity contribution in [2.24, 2.45) is 0 Å². The molecule has 0 radical (unpaired) electrons. The summed E-state index contributed by atoms with van der Waals surface area (Å²) < 4.78 is 20.2. The highest BCUT2D eigenvalue weighted by Crippen LogP contribution is 2.39. The zero-order valence-corrected chi connectivity index (χ0v) is 15.8. The highest BCUT2D eigenvalue weighted by Gasteiger charge is 2.41. The molecule has 0 aliphatic rings. The number of phosphoric acid groups is 1. The van der Waals surface area contributed by atoms with Crippen LogP contribution < -0.4 is 5.32 Å². The Labute approximate surface area is 152 Å². The maximum absolute atomic E-state index is 11.8.